The van der Waals surface area contributed by atoms with E-state index in [2.05, 4.69) is 28.8 Å². The third-order valence-electron chi connectivity index (χ3n) is 8.02. The van der Waals surface area contributed by atoms with Gasteiger partial charge in [-0.25, -0.2) is 4.79 Å². The fraction of sp³-hybridized carbons (Fsp3) is 0.444. The van der Waals surface area contributed by atoms with E-state index in [-0.39, 0.29) is 12.0 Å². The van der Waals surface area contributed by atoms with Gasteiger partial charge in [-0.2, -0.15) is 0 Å². The van der Waals surface area contributed by atoms with Crippen molar-refractivity contribution in [3.05, 3.63) is 70.0 Å². The molecule has 31 heavy (non-hydrogen) atoms. The van der Waals surface area contributed by atoms with Gasteiger partial charge in [0.15, 0.2) is 0 Å². The van der Waals surface area contributed by atoms with Crippen molar-refractivity contribution >= 4 is 16.9 Å². The molecule has 3 aliphatic carbocycles. The normalized spacial score (nSPS) is 26.1. The van der Waals surface area contributed by atoms with Gasteiger partial charge in [-0.1, -0.05) is 49.1 Å². The molecule has 160 valence electrons. The Morgan fingerprint density at radius 1 is 1.06 bits per heavy atom. The molecular weight excluding hydrogens is 386 g/mol. The Labute approximate surface area is 182 Å². The van der Waals surface area contributed by atoms with Gasteiger partial charge in [-0.3, -0.25) is 0 Å². The van der Waals surface area contributed by atoms with Crippen LogP contribution in [0.1, 0.15) is 74.5 Å². The molecule has 2 fully saturated rings. The number of para-hydroxylation sites is 1. The van der Waals surface area contributed by atoms with Gasteiger partial charge in [0.2, 0.25) is 0 Å². The lowest BCUT2D eigenvalue weighted by atomic mass is 9.78. The highest BCUT2D eigenvalue weighted by Crippen LogP contribution is 2.48. The summed E-state index contributed by atoms with van der Waals surface area (Å²) in [5, 5.41) is 21.6. The Kier molecular flexibility index (Phi) is 4.46. The zero-order valence-electron chi connectivity index (χ0n) is 17.8. The number of aromatic nitrogens is 1. The molecule has 2 aromatic rings. The summed E-state index contributed by atoms with van der Waals surface area (Å²) < 4.78 is 2.40. The standard InChI is InChI=1S/C27H29NO3/c29-18-9-10-20-21-11-12-22(27(30)31)24(21)15-28-25(23(20)14-18)13-17-7-4-8-19(26(17)28)16-5-2-1-3-6-16/h4,7-8,11-13,16,18,23,29H,1-3,5-6,9-10,14-15H2,(H,30,31)/t18-,23+/m1/s1. The molecule has 1 aliphatic heterocycles. The zero-order chi connectivity index (χ0) is 21.1. The van der Waals surface area contributed by atoms with Crippen LogP contribution < -0.4 is 0 Å². The highest BCUT2D eigenvalue weighted by Gasteiger charge is 2.36. The van der Waals surface area contributed by atoms with E-state index in [0.29, 0.717) is 18.0 Å². The van der Waals surface area contributed by atoms with Crippen molar-refractivity contribution in [1.29, 1.82) is 0 Å². The van der Waals surface area contributed by atoms with Gasteiger partial charge in [0.05, 0.1) is 17.2 Å². The van der Waals surface area contributed by atoms with E-state index in [9.17, 15) is 15.0 Å². The molecule has 0 bridgehead atoms. The molecule has 0 radical (unpaired) electrons. The molecule has 0 saturated heterocycles. The summed E-state index contributed by atoms with van der Waals surface area (Å²) in [6, 6.07) is 8.99. The van der Waals surface area contributed by atoms with Crippen LogP contribution in [0.5, 0.6) is 0 Å². The summed E-state index contributed by atoms with van der Waals surface area (Å²) in [4.78, 5) is 12.0. The number of aliphatic hydroxyl groups excluding tert-OH is 1. The number of hydrogen-bond donors (Lipinski definition) is 2. The molecule has 1 aromatic carbocycles. The van der Waals surface area contributed by atoms with Crippen molar-refractivity contribution in [2.75, 3.05) is 0 Å². The maximum absolute atomic E-state index is 12.0. The van der Waals surface area contributed by atoms with Crippen LogP contribution in [0.25, 0.3) is 10.9 Å². The SMILES string of the molecule is O=C(O)C1=C2Cn3c(cc4cccc(C5CCCCC5)c43)[C@H]3C[C@H](O)CCC3=C2C=C1. The molecule has 0 amide bonds. The van der Waals surface area contributed by atoms with E-state index in [0.717, 1.165) is 30.4 Å². The summed E-state index contributed by atoms with van der Waals surface area (Å²) in [7, 11) is 0. The monoisotopic (exact) mass is 415 g/mol. The fourth-order valence-corrected chi connectivity index (χ4v) is 6.57. The number of fused-ring (bicyclic) bond motifs is 6. The average Bonchev–Trinajstić information content (AvgIpc) is 3.33. The van der Waals surface area contributed by atoms with Crippen molar-refractivity contribution in [1.82, 2.24) is 4.57 Å². The van der Waals surface area contributed by atoms with E-state index in [4.69, 9.17) is 0 Å². The van der Waals surface area contributed by atoms with Crippen LogP contribution >= 0.6 is 0 Å². The van der Waals surface area contributed by atoms with E-state index in [1.165, 1.54) is 59.8 Å². The predicted octanol–water partition coefficient (Wildman–Crippen LogP) is 5.58. The first-order chi connectivity index (χ1) is 15.1. The van der Waals surface area contributed by atoms with Crippen LogP contribution in [0.4, 0.5) is 0 Å². The Balaban J connectivity index is 1.60. The van der Waals surface area contributed by atoms with Gasteiger partial charge >= 0.3 is 5.97 Å². The molecule has 2 heterocycles. The number of carboxylic acids is 1. The largest absolute Gasteiger partial charge is 0.478 e. The lowest BCUT2D eigenvalue weighted by Crippen LogP contribution is -2.22. The minimum atomic E-state index is -0.846. The highest BCUT2D eigenvalue weighted by molar-refractivity contribution is 5.94. The van der Waals surface area contributed by atoms with Crippen molar-refractivity contribution in [3.63, 3.8) is 0 Å². The average molecular weight is 416 g/mol. The Hall–Kier alpha value is -2.59. The third kappa shape index (κ3) is 2.95. The number of aliphatic hydroxyl groups is 1. The summed E-state index contributed by atoms with van der Waals surface area (Å²) in [5.41, 5.74) is 7.76. The first kappa shape index (κ1) is 19.1. The minimum absolute atomic E-state index is 0.153. The summed E-state index contributed by atoms with van der Waals surface area (Å²) in [6.45, 7) is 0.600. The van der Waals surface area contributed by atoms with Crippen LogP contribution in [-0.4, -0.2) is 26.9 Å². The van der Waals surface area contributed by atoms with Crippen molar-refractivity contribution in [3.8, 4) is 0 Å². The zero-order valence-corrected chi connectivity index (χ0v) is 17.8. The van der Waals surface area contributed by atoms with E-state index >= 15 is 0 Å². The minimum Gasteiger partial charge on any atom is -0.478 e. The second-order valence-corrected chi connectivity index (χ2v) is 9.73. The number of rotatable bonds is 2. The van der Waals surface area contributed by atoms with Crippen LogP contribution in [0.15, 0.2) is 58.7 Å². The maximum atomic E-state index is 12.0. The molecule has 2 saturated carbocycles. The summed E-state index contributed by atoms with van der Waals surface area (Å²) in [6.07, 6.45) is 12.2. The lowest BCUT2D eigenvalue weighted by molar-refractivity contribution is -0.132. The fourth-order valence-electron chi connectivity index (χ4n) is 6.57. The number of hydrogen-bond acceptors (Lipinski definition) is 2. The molecular formula is C27H29NO3. The highest BCUT2D eigenvalue weighted by atomic mass is 16.4. The summed E-state index contributed by atoms with van der Waals surface area (Å²) >= 11 is 0. The number of benzene rings is 1. The molecule has 4 heteroatoms. The maximum Gasteiger partial charge on any atom is 0.336 e. The molecule has 1 aromatic heterocycles. The predicted molar refractivity (Wildman–Crippen MR) is 121 cm³/mol. The van der Waals surface area contributed by atoms with E-state index < -0.39 is 5.97 Å². The molecule has 0 unspecified atom stereocenters. The number of carbonyl (C=O) groups is 1. The Bertz CT molecular complexity index is 1170. The molecule has 4 nitrogen and oxygen atoms in total. The third-order valence-corrected chi connectivity index (χ3v) is 8.02. The van der Waals surface area contributed by atoms with Crippen LogP contribution in [0, 0.1) is 0 Å². The van der Waals surface area contributed by atoms with Gasteiger partial charge in [-0.15, -0.1) is 0 Å². The van der Waals surface area contributed by atoms with Gasteiger partial charge in [-0.05, 0) is 66.9 Å². The van der Waals surface area contributed by atoms with Crippen molar-refractivity contribution in [2.24, 2.45) is 0 Å². The second-order valence-electron chi connectivity index (χ2n) is 9.73. The molecule has 2 atom stereocenters. The van der Waals surface area contributed by atoms with E-state index in [1.54, 1.807) is 6.08 Å². The number of nitrogens with zero attached hydrogens (tertiary/aromatic N) is 1. The smallest absolute Gasteiger partial charge is 0.336 e. The van der Waals surface area contributed by atoms with Gasteiger partial charge in [0.1, 0.15) is 0 Å². The lowest BCUT2D eigenvalue weighted by Gasteiger charge is -2.30. The molecule has 4 aliphatic rings. The van der Waals surface area contributed by atoms with Crippen LogP contribution in [-0.2, 0) is 11.3 Å². The molecule has 6 rings (SSSR count). The van der Waals surface area contributed by atoms with E-state index in [1.807, 2.05) is 6.08 Å². The van der Waals surface area contributed by atoms with Gasteiger partial charge < -0.3 is 14.8 Å². The molecule has 2 N–H and O–H groups in total. The first-order valence-corrected chi connectivity index (χ1v) is 11.8. The van der Waals surface area contributed by atoms with Gasteiger partial charge in [0.25, 0.3) is 0 Å². The summed E-state index contributed by atoms with van der Waals surface area (Å²) in [5.74, 6) is -0.111. The van der Waals surface area contributed by atoms with Gasteiger partial charge in [0, 0.05) is 23.5 Å². The quantitative estimate of drug-likeness (QED) is 0.673. The first-order valence-electron chi connectivity index (χ1n) is 11.8. The number of carboxylic acid groups (broad SMARTS) is 1. The second kappa shape index (κ2) is 7.23. The Morgan fingerprint density at radius 3 is 2.71 bits per heavy atom. The van der Waals surface area contributed by atoms with Crippen molar-refractivity contribution in [2.45, 2.75) is 75.9 Å². The topological polar surface area (TPSA) is 62.5 Å². The number of aliphatic carboxylic acids is 1. The van der Waals surface area contributed by atoms with Crippen LogP contribution in [0.3, 0.4) is 0 Å². The van der Waals surface area contributed by atoms with Crippen LogP contribution in [0.2, 0.25) is 0 Å². The molecule has 0 spiro atoms. The number of allylic oxidation sites excluding steroid dienone is 4. The Morgan fingerprint density at radius 2 is 1.90 bits per heavy atom. The van der Waals surface area contributed by atoms with Crippen molar-refractivity contribution < 1.29 is 15.0 Å².